The Balaban J connectivity index is 1.99. The Morgan fingerprint density at radius 2 is 1.86 bits per heavy atom. The molecule has 1 heterocycles. The molecule has 0 aromatic heterocycles. The summed E-state index contributed by atoms with van der Waals surface area (Å²) in [5.41, 5.74) is 1.25. The Bertz CT molecular complexity index is 733. The van der Waals surface area contributed by atoms with Crippen LogP contribution in [-0.2, 0) is 0 Å². The Morgan fingerprint density at radius 3 is 2.55 bits per heavy atom. The number of carbonyl (C=O) groups excluding carboxylic acids is 1. The van der Waals surface area contributed by atoms with Gasteiger partial charge >= 0.3 is 0 Å². The lowest BCUT2D eigenvalue weighted by Crippen LogP contribution is -2.36. The minimum absolute atomic E-state index is 0.107. The Morgan fingerprint density at radius 1 is 1.18 bits per heavy atom. The number of phenols is 2. The van der Waals surface area contributed by atoms with Gasteiger partial charge in [0.25, 0.3) is 0 Å². The molecule has 1 aliphatic rings. The molecule has 1 unspecified atom stereocenters. The van der Waals surface area contributed by atoms with Crippen molar-refractivity contribution in [2.24, 2.45) is 0 Å². The lowest BCUT2D eigenvalue weighted by Gasteiger charge is -2.22. The van der Waals surface area contributed by atoms with E-state index in [1.54, 1.807) is 13.0 Å². The molecule has 4 nitrogen and oxygen atoms in total. The molecule has 2 N–H and O–H groups in total. The summed E-state index contributed by atoms with van der Waals surface area (Å²) in [7, 11) is 0. The van der Waals surface area contributed by atoms with Crippen LogP contribution in [0.2, 0.25) is 0 Å². The zero-order valence-electron chi connectivity index (χ0n) is 13.0. The van der Waals surface area contributed by atoms with Gasteiger partial charge in [0, 0.05) is 11.1 Å². The summed E-state index contributed by atoms with van der Waals surface area (Å²) < 4.78 is 0. The number of phenolic OH excluding ortho intramolecular Hbond substituents is 2. The Hall–Kier alpha value is -2.07. The highest BCUT2D eigenvalue weighted by Gasteiger charge is 2.25. The smallest absolute Gasteiger partial charge is 0.179 e. The van der Waals surface area contributed by atoms with Gasteiger partial charge in [-0.05, 0) is 62.7 Å². The fourth-order valence-corrected chi connectivity index (χ4v) is 3.23. The van der Waals surface area contributed by atoms with E-state index in [0.29, 0.717) is 11.1 Å². The van der Waals surface area contributed by atoms with Crippen LogP contribution in [0, 0.1) is 6.92 Å². The number of Topliss-reactive ketones (excluding diaryl/α,β-unsaturated/α-hetero) is 1. The summed E-state index contributed by atoms with van der Waals surface area (Å²) in [5.74, 6) is -0.144. The topological polar surface area (TPSA) is 60.8 Å². The number of aryl methyl sites for hydroxylation is 1. The highest BCUT2D eigenvalue weighted by Crippen LogP contribution is 2.35. The van der Waals surface area contributed by atoms with Crippen molar-refractivity contribution < 1.29 is 15.0 Å². The van der Waals surface area contributed by atoms with Crippen LogP contribution in [0.5, 0.6) is 11.5 Å². The lowest BCUT2D eigenvalue weighted by atomic mass is 9.97. The zero-order valence-corrected chi connectivity index (χ0v) is 13.0. The highest BCUT2D eigenvalue weighted by atomic mass is 16.3. The molecule has 0 radical (unpaired) electrons. The standard InChI is InChI=1S/C18H21NO3/c1-11-15-9-14(6-5-13(15)10-16(20)17(11)21)18(22)12(2)19-7-3-4-8-19/h5-6,9-10,12,20-21H,3-4,7-8H2,1-2H3. The van der Waals surface area contributed by atoms with Crippen molar-refractivity contribution in [2.45, 2.75) is 32.7 Å². The molecule has 0 bridgehead atoms. The van der Waals surface area contributed by atoms with E-state index < -0.39 is 0 Å². The second-order valence-corrected chi connectivity index (χ2v) is 6.09. The quantitative estimate of drug-likeness (QED) is 0.675. The minimum atomic E-state index is -0.130. The van der Waals surface area contributed by atoms with Crippen molar-refractivity contribution in [3.63, 3.8) is 0 Å². The molecule has 1 atom stereocenters. The van der Waals surface area contributed by atoms with E-state index in [-0.39, 0.29) is 23.3 Å². The number of ketones is 1. The molecule has 0 spiro atoms. The van der Waals surface area contributed by atoms with Crippen molar-refractivity contribution in [2.75, 3.05) is 13.1 Å². The third kappa shape index (κ3) is 2.44. The van der Waals surface area contributed by atoms with Crippen molar-refractivity contribution in [3.05, 3.63) is 35.4 Å². The van der Waals surface area contributed by atoms with Crippen LogP contribution in [0.3, 0.4) is 0 Å². The first-order valence-electron chi connectivity index (χ1n) is 7.72. The summed E-state index contributed by atoms with van der Waals surface area (Å²) >= 11 is 0. The van der Waals surface area contributed by atoms with Crippen molar-refractivity contribution >= 4 is 16.6 Å². The second kappa shape index (κ2) is 5.61. The fourth-order valence-electron chi connectivity index (χ4n) is 3.23. The number of fused-ring (bicyclic) bond motifs is 1. The molecule has 1 aliphatic heterocycles. The van der Waals surface area contributed by atoms with E-state index in [2.05, 4.69) is 4.90 Å². The monoisotopic (exact) mass is 299 g/mol. The number of nitrogens with zero attached hydrogens (tertiary/aromatic N) is 1. The van der Waals surface area contributed by atoms with E-state index in [9.17, 15) is 15.0 Å². The molecule has 116 valence electrons. The molecule has 0 saturated carbocycles. The molecule has 2 aromatic rings. The van der Waals surface area contributed by atoms with Crippen LogP contribution in [0.1, 0.15) is 35.7 Å². The first kappa shape index (κ1) is 14.9. The molecule has 1 fully saturated rings. The summed E-state index contributed by atoms with van der Waals surface area (Å²) in [6, 6.07) is 6.85. The molecule has 1 saturated heterocycles. The van der Waals surface area contributed by atoms with Gasteiger partial charge in [0.1, 0.15) is 0 Å². The van der Waals surface area contributed by atoms with Gasteiger partial charge in [0.15, 0.2) is 17.3 Å². The van der Waals surface area contributed by atoms with Gasteiger partial charge in [-0.1, -0.05) is 12.1 Å². The average Bonchev–Trinajstić information content (AvgIpc) is 3.05. The number of benzene rings is 2. The van der Waals surface area contributed by atoms with Crippen molar-refractivity contribution in [3.8, 4) is 11.5 Å². The summed E-state index contributed by atoms with van der Waals surface area (Å²) in [6.45, 7) is 5.66. The first-order valence-corrected chi connectivity index (χ1v) is 7.72. The predicted molar refractivity (Wildman–Crippen MR) is 86.6 cm³/mol. The van der Waals surface area contributed by atoms with E-state index >= 15 is 0 Å². The van der Waals surface area contributed by atoms with Crippen LogP contribution >= 0.6 is 0 Å². The fraction of sp³-hybridized carbons (Fsp3) is 0.389. The number of rotatable bonds is 3. The molecule has 22 heavy (non-hydrogen) atoms. The molecule has 0 amide bonds. The number of aromatic hydroxyl groups is 2. The van der Waals surface area contributed by atoms with E-state index in [4.69, 9.17) is 0 Å². The normalized spacial score (nSPS) is 17.0. The Labute approximate surface area is 130 Å². The number of carbonyl (C=O) groups is 1. The highest BCUT2D eigenvalue weighted by molar-refractivity contribution is 6.03. The maximum Gasteiger partial charge on any atom is 0.179 e. The van der Waals surface area contributed by atoms with Crippen molar-refractivity contribution in [1.82, 2.24) is 4.90 Å². The summed E-state index contributed by atoms with van der Waals surface area (Å²) in [4.78, 5) is 14.9. The van der Waals surface area contributed by atoms with Gasteiger partial charge in [-0.25, -0.2) is 0 Å². The largest absolute Gasteiger partial charge is 0.504 e. The maximum atomic E-state index is 12.7. The molecular weight excluding hydrogens is 278 g/mol. The third-order valence-corrected chi connectivity index (χ3v) is 4.70. The van der Waals surface area contributed by atoms with Crippen LogP contribution in [-0.4, -0.2) is 40.0 Å². The first-order chi connectivity index (χ1) is 10.5. The zero-order chi connectivity index (χ0) is 15.9. The van der Waals surface area contributed by atoms with Crippen molar-refractivity contribution in [1.29, 1.82) is 0 Å². The van der Waals surface area contributed by atoms with Crippen LogP contribution < -0.4 is 0 Å². The van der Waals surface area contributed by atoms with Crippen LogP contribution in [0.15, 0.2) is 24.3 Å². The predicted octanol–water partition coefficient (Wildman–Crippen LogP) is 3.23. The van der Waals surface area contributed by atoms with Gasteiger partial charge in [-0.15, -0.1) is 0 Å². The summed E-state index contributed by atoms with van der Waals surface area (Å²) in [5, 5.41) is 21.2. The van der Waals surface area contributed by atoms with E-state index in [0.717, 1.165) is 36.7 Å². The average molecular weight is 299 g/mol. The number of likely N-dealkylation sites (tertiary alicyclic amines) is 1. The Kier molecular flexibility index (Phi) is 3.79. The SMILES string of the molecule is Cc1c(O)c(O)cc2ccc(C(=O)C(C)N3CCCC3)cc12. The molecular formula is C18H21NO3. The lowest BCUT2D eigenvalue weighted by molar-refractivity contribution is 0.0867. The molecule has 3 rings (SSSR count). The van der Waals surface area contributed by atoms with Crippen LogP contribution in [0.4, 0.5) is 0 Å². The molecule has 0 aliphatic carbocycles. The minimum Gasteiger partial charge on any atom is -0.504 e. The van der Waals surface area contributed by atoms with E-state index in [1.807, 2.05) is 19.1 Å². The van der Waals surface area contributed by atoms with Gasteiger partial charge in [-0.3, -0.25) is 9.69 Å². The molecule has 2 aromatic carbocycles. The van der Waals surface area contributed by atoms with Crippen LogP contribution in [0.25, 0.3) is 10.8 Å². The van der Waals surface area contributed by atoms with Gasteiger partial charge < -0.3 is 10.2 Å². The summed E-state index contributed by atoms with van der Waals surface area (Å²) in [6.07, 6.45) is 2.31. The second-order valence-electron chi connectivity index (χ2n) is 6.09. The van der Waals surface area contributed by atoms with Gasteiger partial charge in [0.2, 0.25) is 0 Å². The number of hydrogen-bond donors (Lipinski definition) is 2. The number of hydrogen-bond acceptors (Lipinski definition) is 4. The third-order valence-electron chi connectivity index (χ3n) is 4.70. The molecule has 4 heteroatoms. The van der Waals surface area contributed by atoms with Gasteiger partial charge in [-0.2, -0.15) is 0 Å². The van der Waals surface area contributed by atoms with Gasteiger partial charge in [0.05, 0.1) is 6.04 Å². The van der Waals surface area contributed by atoms with E-state index in [1.165, 1.54) is 6.07 Å². The maximum absolute atomic E-state index is 12.7.